The fourth-order valence-corrected chi connectivity index (χ4v) is 1.90. The Morgan fingerprint density at radius 2 is 2.24 bits per heavy atom. The van der Waals surface area contributed by atoms with E-state index in [2.05, 4.69) is 10.3 Å². The number of rotatable bonds is 7. The summed E-state index contributed by atoms with van der Waals surface area (Å²) in [5.41, 5.74) is 0.756. The van der Waals surface area contributed by atoms with Gasteiger partial charge in [-0.25, -0.2) is 4.98 Å². The van der Waals surface area contributed by atoms with Gasteiger partial charge in [-0.15, -0.1) is 0 Å². The van der Waals surface area contributed by atoms with E-state index >= 15 is 0 Å². The second kappa shape index (κ2) is 6.85. The van der Waals surface area contributed by atoms with E-state index in [1.165, 1.54) is 13.2 Å². The van der Waals surface area contributed by atoms with Crippen LogP contribution in [0, 0.1) is 10.1 Å². The van der Waals surface area contributed by atoms with Crippen LogP contribution in [0.4, 0.5) is 5.69 Å². The molecule has 2 rings (SSSR count). The maximum Gasteiger partial charge on any atom is 0.311 e. The number of nitrogens with one attached hydrogen (secondary N) is 1. The Labute approximate surface area is 122 Å². The first kappa shape index (κ1) is 15.0. The van der Waals surface area contributed by atoms with Crippen LogP contribution in [-0.2, 0) is 19.5 Å². The maximum atomic E-state index is 10.9. The summed E-state index contributed by atoms with van der Waals surface area (Å²) in [5, 5.41) is 14.1. The van der Waals surface area contributed by atoms with E-state index in [1.807, 2.05) is 6.92 Å². The highest BCUT2D eigenvalue weighted by Crippen LogP contribution is 2.27. The minimum atomic E-state index is -0.454. The number of oxazole rings is 1. The van der Waals surface area contributed by atoms with Crippen molar-refractivity contribution in [1.82, 2.24) is 10.3 Å². The normalized spacial score (nSPS) is 10.6. The van der Waals surface area contributed by atoms with Crippen LogP contribution in [0.3, 0.4) is 0 Å². The number of hydrogen-bond donors (Lipinski definition) is 1. The lowest BCUT2D eigenvalue weighted by molar-refractivity contribution is -0.385. The van der Waals surface area contributed by atoms with Crippen molar-refractivity contribution in [2.24, 2.45) is 0 Å². The van der Waals surface area contributed by atoms with Crippen molar-refractivity contribution < 1.29 is 14.1 Å². The van der Waals surface area contributed by atoms with Gasteiger partial charge in [-0.1, -0.05) is 13.0 Å². The monoisotopic (exact) mass is 291 g/mol. The molecule has 1 heterocycles. The molecule has 0 radical (unpaired) electrons. The van der Waals surface area contributed by atoms with Gasteiger partial charge in [0.15, 0.2) is 5.75 Å². The molecule has 21 heavy (non-hydrogen) atoms. The molecule has 2 aromatic rings. The Kier molecular flexibility index (Phi) is 4.89. The summed E-state index contributed by atoms with van der Waals surface area (Å²) in [6, 6.07) is 4.88. The second-order valence-electron chi connectivity index (χ2n) is 4.44. The summed E-state index contributed by atoms with van der Waals surface area (Å²) in [6.45, 7) is 2.95. The topological polar surface area (TPSA) is 90.4 Å². The molecular formula is C14H17N3O4. The summed E-state index contributed by atoms with van der Waals surface area (Å²) < 4.78 is 10.4. The molecule has 0 saturated carbocycles. The molecule has 0 aliphatic heterocycles. The van der Waals surface area contributed by atoms with Crippen molar-refractivity contribution in [1.29, 1.82) is 0 Å². The van der Waals surface area contributed by atoms with Crippen LogP contribution in [0.5, 0.6) is 5.75 Å². The first-order chi connectivity index (χ1) is 10.1. The average molecular weight is 291 g/mol. The van der Waals surface area contributed by atoms with Crippen LogP contribution in [-0.4, -0.2) is 17.0 Å². The number of aryl methyl sites for hydroxylation is 1. The molecule has 0 atom stereocenters. The molecule has 0 aliphatic carbocycles. The molecule has 7 heteroatoms. The molecule has 1 aromatic heterocycles. The maximum absolute atomic E-state index is 10.9. The van der Waals surface area contributed by atoms with Crippen LogP contribution in [0.25, 0.3) is 0 Å². The standard InChI is InChI=1S/C14H17N3O4/c1-3-11-8-16-14(21-11)9-15-7-10-4-5-13(20-2)12(6-10)17(18)19/h4-6,8,15H,3,7,9H2,1-2H3. The molecule has 0 aliphatic rings. The van der Waals surface area contributed by atoms with E-state index in [0.29, 0.717) is 19.0 Å². The lowest BCUT2D eigenvalue weighted by Gasteiger charge is -2.05. The smallest absolute Gasteiger partial charge is 0.311 e. The van der Waals surface area contributed by atoms with Gasteiger partial charge in [-0.05, 0) is 11.6 Å². The summed E-state index contributed by atoms with van der Waals surface area (Å²) in [5.74, 6) is 1.70. The average Bonchev–Trinajstić information content (AvgIpc) is 2.95. The third kappa shape index (κ3) is 3.79. The van der Waals surface area contributed by atoms with Gasteiger partial charge in [0.2, 0.25) is 5.89 Å². The van der Waals surface area contributed by atoms with E-state index in [9.17, 15) is 10.1 Å². The zero-order valence-corrected chi connectivity index (χ0v) is 12.0. The quantitative estimate of drug-likeness (QED) is 0.622. The Hall–Kier alpha value is -2.41. The first-order valence-electron chi connectivity index (χ1n) is 6.59. The van der Waals surface area contributed by atoms with Crippen molar-refractivity contribution in [2.75, 3.05) is 7.11 Å². The van der Waals surface area contributed by atoms with E-state index in [-0.39, 0.29) is 11.4 Å². The lowest BCUT2D eigenvalue weighted by atomic mass is 10.2. The molecule has 0 spiro atoms. The molecule has 0 amide bonds. The number of methoxy groups -OCH3 is 1. The lowest BCUT2D eigenvalue weighted by Crippen LogP contribution is -2.13. The minimum Gasteiger partial charge on any atom is -0.490 e. The number of benzene rings is 1. The van der Waals surface area contributed by atoms with E-state index in [4.69, 9.17) is 9.15 Å². The van der Waals surface area contributed by atoms with Gasteiger partial charge in [-0.3, -0.25) is 10.1 Å². The number of ether oxygens (including phenoxy) is 1. The number of hydrogen-bond acceptors (Lipinski definition) is 6. The molecule has 0 fully saturated rings. The number of nitro groups is 1. The van der Waals surface area contributed by atoms with Gasteiger partial charge in [-0.2, -0.15) is 0 Å². The Balaban J connectivity index is 1.96. The van der Waals surface area contributed by atoms with E-state index in [1.54, 1.807) is 18.3 Å². The minimum absolute atomic E-state index is 0.0406. The first-order valence-corrected chi connectivity index (χ1v) is 6.59. The van der Waals surface area contributed by atoms with Crippen molar-refractivity contribution in [3.8, 4) is 5.75 Å². The molecular weight excluding hydrogens is 274 g/mol. The summed E-state index contributed by atoms with van der Waals surface area (Å²) in [6.07, 6.45) is 2.51. The third-order valence-corrected chi connectivity index (χ3v) is 3.00. The van der Waals surface area contributed by atoms with Gasteiger partial charge in [0.25, 0.3) is 0 Å². The molecule has 0 saturated heterocycles. The van der Waals surface area contributed by atoms with Crippen LogP contribution in [0.15, 0.2) is 28.8 Å². The summed E-state index contributed by atoms with van der Waals surface area (Å²) in [7, 11) is 1.41. The fraction of sp³-hybridized carbons (Fsp3) is 0.357. The van der Waals surface area contributed by atoms with Crippen molar-refractivity contribution in [2.45, 2.75) is 26.4 Å². The van der Waals surface area contributed by atoms with E-state index in [0.717, 1.165) is 17.7 Å². The molecule has 0 unspecified atom stereocenters. The molecule has 112 valence electrons. The van der Waals surface area contributed by atoms with Crippen LogP contribution < -0.4 is 10.1 Å². The number of nitro benzene ring substituents is 1. The molecule has 7 nitrogen and oxygen atoms in total. The van der Waals surface area contributed by atoms with Gasteiger partial charge < -0.3 is 14.5 Å². The van der Waals surface area contributed by atoms with Crippen LogP contribution in [0.2, 0.25) is 0 Å². The summed E-state index contributed by atoms with van der Waals surface area (Å²) >= 11 is 0. The SMILES string of the molecule is CCc1cnc(CNCc2ccc(OC)c([N+](=O)[O-])c2)o1. The molecule has 1 aromatic carbocycles. The summed E-state index contributed by atoms with van der Waals surface area (Å²) in [4.78, 5) is 14.6. The fourth-order valence-electron chi connectivity index (χ4n) is 1.90. The largest absolute Gasteiger partial charge is 0.490 e. The highest BCUT2D eigenvalue weighted by molar-refractivity contribution is 5.48. The molecule has 0 bridgehead atoms. The molecule has 1 N–H and O–H groups in total. The predicted octanol–water partition coefficient (Wildman–Crippen LogP) is 2.44. The van der Waals surface area contributed by atoms with Crippen molar-refractivity contribution in [3.63, 3.8) is 0 Å². The van der Waals surface area contributed by atoms with Crippen LogP contribution >= 0.6 is 0 Å². The highest BCUT2D eigenvalue weighted by atomic mass is 16.6. The van der Waals surface area contributed by atoms with Gasteiger partial charge in [0, 0.05) is 19.0 Å². The van der Waals surface area contributed by atoms with Crippen molar-refractivity contribution >= 4 is 5.69 Å². The van der Waals surface area contributed by atoms with E-state index < -0.39 is 4.92 Å². The van der Waals surface area contributed by atoms with Gasteiger partial charge in [0.05, 0.1) is 24.8 Å². The number of nitrogens with zero attached hydrogens (tertiary/aromatic N) is 2. The van der Waals surface area contributed by atoms with Crippen LogP contribution in [0.1, 0.15) is 24.1 Å². The van der Waals surface area contributed by atoms with Crippen molar-refractivity contribution in [3.05, 3.63) is 51.7 Å². The Bertz CT molecular complexity index is 624. The zero-order valence-electron chi connectivity index (χ0n) is 12.0. The van der Waals surface area contributed by atoms with Gasteiger partial charge in [0.1, 0.15) is 5.76 Å². The zero-order chi connectivity index (χ0) is 15.2. The predicted molar refractivity (Wildman–Crippen MR) is 76.1 cm³/mol. The third-order valence-electron chi connectivity index (χ3n) is 3.00. The Morgan fingerprint density at radius 3 is 2.86 bits per heavy atom. The second-order valence-corrected chi connectivity index (χ2v) is 4.44. The Morgan fingerprint density at radius 1 is 1.43 bits per heavy atom. The number of aromatic nitrogens is 1. The van der Waals surface area contributed by atoms with Gasteiger partial charge >= 0.3 is 5.69 Å². The highest BCUT2D eigenvalue weighted by Gasteiger charge is 2.14.